The van der Waals surface area contributed by atoms with E-state index >= 15 is 0 Å². The Balaban J connectivity index is 1.10. The Labute approximate surface area is 205 Å². The van der Waals surface area contributed by atoms with Crippen molar-refractivity contribution < 1.29 is 24.2 Å². The number of hydrogen-bond acceptors (Lipinski definition) is 6. The number of carbonyl (C=O) groups excluding carboxylic acids is 2. The van der Waals surface area contributed by atoms with E-state index in [1.54, 1.807) is 4.90 Å². The first-order valence-electron chi connectivity index (χ1n) is 11.6. The number of nitrogens with zero attached hydrogens (tertiary/aromatic N) is 2. The van der Waals surface area contributed by atoms with E-state index in [0.717, 1.165) is 40.0 Å². The van der Waals surface area contributed by atoms with Crippen LogP contribution in [0.1, 0.15) is 46.0 Å². The number of thiazole rings is 1. The summed E-state index contributed by atoms with van der Waals surface area (Å²) in [6, 6.07) is 15.9. The number of nitrogens with one attached hydrogen (secondary N) is 1. The van der Waals surface area contributed by atoms with Gasteiger partial charge in [-0.05, 0) is 41.5 Å². The van der Waals surface area contributed by atoms with Gasteiger partial charge in [0.2, 0.25) is 0 Å². The van der Waals surface area contributed by atoms with E-state index in [1.807, 2.05) is 24.3 Å². The van der Waals surface area contributed by atoms with E-state index < -0.39 is 18.0 Å². The zero-order valence-corrected chi connectivity index (χ0v) is 19.5. The minimum atomic E-state index is -0.850. The summed E-state index contributed by atoms with van der Waals surface area (Å²) in [7, 11) is 0. The molecule has 1 aromatic heterocycles. The Bertz CT molecular complexity index is 1290. The second kappa shape index (κ2) is 8.49. The van der Waals surface area contributed by atoms with Crippen LogP contribution in [0.15, 0.2) is 54.7 Å². The van der Waals surface area contributed by atoms with Crippen LogP contribution in [0.25, 0.3) is 11.1 Å². The summed E-state index contributed by atoms with van der Waals surface area (Å²) in [5.41, 5.74) is 4.56. The van der Waals surface area contributed by atoms with E-state index in [1.165, 1.54) is 6.20 Å². The molecule has 2 saturated heterocycles. The minimum absolute atomic E-state index is 0.0468. The predicted octanol–water partition coefficient (Wildman–Crippen LogP) is 4.58. The maximum absolute atomic E-state index is 13.1. The van der Waals surface area contributed by atoms with Gasteiger partial charge in [0.15, 0.2) is 5.13 Å². The molecule has 8 nitrogen and oxygen atoms in total. The predicted molar refractivity (Wildman–Crippen MR) is 130 cm³/mol. The molecule has 3 aliphatic rings. The maximum atomic E-state index is 13.1. The monoisotopic (exact) mass is 489 g/mol. The molecule has 0 unspecified atom stereocenters. The number of benzene rings is 2. The van der Waals surface area contributed by atoms with Crippen LogP contribution in [0.2, 0.25) is 0 Å². The van der Waals surface area contributed by atoms with Crippen molar-refractivity contribution in [1.82, 2.24) is 9.88 Å². The van der Waals surface area contributed by atoms with Crippen LogP contribution in [0.4, 0.5) is 9.93 Å². The third-order valence-electron chi connectivity index (χ3n) is 7.36. The number of hydrogen-bond donors (Lipinski definition) is 2. The highest BCUT2D eigenvalue weighted by Crippen LogP contribution is 2.45. The second-order valence-corrected chi connectivity index (χ2v) is 10.2. The molecular formula is C26H23N3O5S. The van der Waals surface area contributed by atoms with Gasteiger partial charge < -0.3 is 14.7 Å². The molecule has 2 bridgehead atoms. The summed E-state index contributed by atoms with van der Waals surface area (Å²) in [5, 5.41) is 12.3. The van der Waals surface area contributed by atoms with Crippen molar-refractivity contribution in [3.8, 4) is 11.1 Å². The summed E-state index contributed by atoms with van der Waals surface area (Å²) in [4.78, 5) is 43.3. The van der Waals surface area contributed by atoms with Crippen molar-refractivity contribution in [1.29, 1.82) is 0 Å². The molecule has 2 amide bonds. The molecule has 1 aliphatic carbocycles. The van der Waals surface area contributed by atoms with E-state index in [9.17, 15) is 19.5 Å². The highest BCUT2D eigenvalue weighted by molar-refractivity contribution is 7.17. The molecular weight excluding hydrogens is 466 g/mol. The Hall–Kier alpha value is -3.72. The van der Waals surface area contributed by atoms with Crippen molar-refractivity contribution in [3.63, 3.8) is 0 Å². The molecule has 35 heavy (non-hydrogen) atoms. The number of anilines is 1. The summed E-state index contributed by atoms with van der Waals surface area (Å²) < 4.78 is 5.55. The van der Waals surface area contributed by atoms with E-state index in [0.29, 0.717) is 17.7 Å². The first kappa shape index (κ1) is 21.8. The van der Waals surface area contributed by atoms with Gasteiger partial charge in [-0.25, -0.2) is 9.78 Å². The highest BCUT2D eigenvalue weighted by atomic mass is 32.1. The molecule has 0 saturated carbocycles. The first-order chi connectivity index (χ1) is 17.0. The van der Waals surface area contributed by atoms with Gasteiger partial charge in [-0.1, -0.05) is 59.9 Å². The van der Waals surface area contributed by atoms with Gasteiger partial charge in [-0.15, -0.1) is 0 Å². The number of rotatable bonds is 5. The number of amides is 2. The Kier molecular flexibility index (Phi) is 5.29. The number of fused-ring (bicyclic) bond motifs is 5. The lowest BCUT2D eigenvalue weighted by Gasteiger charge is -2.22. The average molecular weight is 490 g/mol. The van der Waals surface area contributed by atoms with Crippen LogP contribution in [-0.4, -0.2) is 51.7 Å². The van der Waals surface area contributed by atoms with Gasteiger partial charge in [0.25, 0.3) is 5.91 Å². The molecule has 3 atom stereocenters. The van der Waals surface area contributed by atoms with Crippen LogP contribution in [-0.2, 0) is 9.53 Å². The zero-order chi connectivity index (χ0) is 24.1. The van der Waals surface area contributed by atoms with Crippen molar-refractivity contribution in [3.05, 3.63) is 70.7 Å². The zero-order valence-electron chi connectivity index (χ0n) is 18.7. The molecule has 178 valence electrons. The van der Waals surface area contributed by atoms with E-state index in [2.05, 4.69) is 34.6 Å². The van der Waals surface area contributed by atoms with Crippen molar-refractivity contribution in [2.24, 2.45) is 5.92 Å². The normalized spacial score (nSPS) is 22.1. The van der Waals surface area contributed by atoms with Gasteiger partial charge in [0.1, 0.15) is 11.5 Å². The molecule has 2 fully saturated rings. The molecule has 3 aromatic rings. The third-order valence-corrected chi connectivity index (χ3v) is 8.26. The molecule has 2 aromatic carbocycles. The quantitative estimate of drug-likeness (QED) is 0.543. The topological polar surface area (TPSA) is 109 Å². The molecule has 2 N–H and O–H groups in total. The summed E-state index contributed by atoms with van der Waals surface area (Å²) in [6.07, 6.45) is 2.82. The molecule has 2 aliphatic heterocycles. The Morgan fingerprint density at radius 1 is 1.06 bits per heavy atom. The average Bonchev–Trinajstić information content (AvgIpc) is 3.64. The molecule has 9 heteroatoms. The van der Waals surface area contributed by atoms with Crippen molar-refractivity contribution in [2.45, 2.75) is 37.3 Å². The van der Waals surface area contributed by atoms with E-state index in [4.69, 9.17) is 4.74 Å². The first-order valence-corrected chi connectivity index (χ1v) is 12.5. The fraction of sp³-hybridized carbons (Fsp3) is 0.308. The minimum Gasteiger partial charge on any atom is -0.481 e. The van der Waals surface area contributed by atoms with Crippen LogP contribution in [0, 0.1) is 5.92 Å². The summed E-state index contributed by atoms with van der Waals surface area (Å²) in [5.74, 6) is -1.63. The lowest BCUT2D eigenvalue weighted by Crippen LogP contribution is -2.37. The fourth-order valence-electron chi connectivity index (χ4n) is 5.85. The standard InChI is InChI=1S/C26H23N3O5S/c30-23(29-14-9-10-21(29)19(11-14)24(31)32)22-12-27-25(35-22)28-26(33)34-13-20-17-7-3-1-5-15(17)16-6-2-4-8-18(16)20/h1-8,12,14,19-21H,9-11,13H2,(H,31,32)(H,27,28,33)/t14-,19+,21+/m1/s1. The number of carboxylic acids is 1. The second-order valence-electron chi connectivity index (χ2n) is 9.17. The van der Waals surface area contributed by atoms with Crippen molar-refractivity contribution >= 4 is 34.4 Å². The number of aromatic nitrogens is 1. The van der Waals surface area contributed by atoms with Crippen LogP contribution < -0.4 is 5.32 Å². The van der Waals surface area contributed by atoms with Gasteiger partial charge in [0.05, 0.1) is 12.1 Å². The van der Waals surface area contributed by atoms with Crippen molar-refractivity contribution in [2.75, 3.05) is 11.9 Å². The number of carboxylic acid groups (broad SMARTS) is 1. The number of carbonyl (C=O) groups is 3. The number of aliphatic carboxylic acids is 1. The van der Waals surface area contributed by atoms with Gasteiger partial charge in [0, 0.05) is 18.0 Å². The number of ether oxygens (including phenoxy) is 1. The third kappa shape index (κ3) is 3.67. The Morgan fingerprint density at radius 2 is 1.74 bits per heavy atom. The van der Waals surface area contributed by atoms with Crippen LogP contribution in [0.5, 0.6) is 0 Å². The highest BCUT2D eigenvalue weighted by Gasteiger charge is 2.51. The molecule has 3 heterocycles. The fourth-order valence-corrected chi connectivity index (χ4v) is 6.60. The maximum Gasteiger partial charge on any atom is 0.413 e. The van der Waals surface area contributed by atoms with Crippen LogP contribution >= 0.6 is 11.3 Å². The summed E-state index contributed by atoms with van der Waals surface area (Å²) in [6.45, 7) is 0.185. The molecule has 6 rings (SSSR count). The Morgan fingerprint density at radius 3 is 2.40 bits per heavy atom. The van der Waals surface area contributed by atoms with E-state index in [-0.39, 0.29) is 35.6 Å². The van der Waals surface area contributed by atoms with Crippen LogP contribution in [0.3, 0.4) is 0 Å². The SMILES string of the molecule is O=C(Nc1ncc(C(=O)N2[C@@H]3CC[C@H]2[C@@H](C(=O)O)C3)s1)OCC1c2ccccc2-c2ccccc21. The summed E-state index contributed by atoms with van der Waals surface area (Å²) >= 11 is 1.07. The largest absolute Gasteiger partial charge is 0.481 e. The lowest BCUT2D eigenvalue weighted by molar-refractivity contribution is -0.142. The lowest BCUT2D eigenvalue weighted by atomic mass is 9.89. The van der Waals surface area contributed by atoms with Gasteiger partial charge >= 0.3 is 12.1 Å². The van der Waals surface area contributed by atoms with Gasteiger partial charge in [-0.2, -0.15) is 0 Å². The smallest absolute Gasteiger partial charge is 0.413 e. The molecule has 0 radical (unpaired) electrons. The molecule has 0 spiro atoms. The van der Waals surface area contributed by atoms with Gasteiger partial charge in [-0.3, -0.25) is 14.9 Å².